The molecule has 0 fully saturated rings. The van der Waals surface area contributed by atoms with E-state index >= 15 is 0 Å². The van der Waals surface area contributed by atoms with Gasteiger partial charge in [0.2, 0.25) is 0 Å². The van der Waals surface area contributed by atoms with Gasteiger partial charge in [0.05, 0.1) is 24.2 Å². The van der Waals surface area contributed by atoms with E-state index in [0.717, 1.165) is 17.4 Å². The van der Waals surface area contributed by atoms with Gasteiger partial charge in [0.15, 0.2) is 0 Å². The van der Waals surface area contributed by atoms with Crippen molar-refractivity contribution < 1.29 is 4.42 Å². The fourth-order valence-corrected chi connectivity index (χ4v) is 1.08. The number of hydrogen-bond acceptors (Lipinski definition) is 2. The van der Waals surface area contributed by atoms with Crippen molar-refractivity contribution in [3.63, 3.8) is 0 Å². The maximum atomic E-state index is 5.23. The molecule has 0 aliphatic rings. The lowest BCUT2D eigenvalue weighted by atomic mass is 10.1. The van der Waals surface area contributed by atoms with Gasteiger partial charge in [-0.3, -0.25) is 0 Å². The maximum absolute atomic E-state index is 5.23. The Labute approximate surface area is 70.4 Å². The molecule has 0 amide bonds. The summed E-state index contributed by atoms with van der Waals surface area (Å²) < 4.78 is 5.23. The third kappa shape index (κ3) is 1.13. The summed E-state index contributed by atoms with van der Waals surface area (Å²) in [5.41, 5.74) is 0.921. The third-order valence-electron chi connectivity index (χ3n) is 1.77. The standard InChI is InChI=1S/C9H9N2O/c1-7(8-5-10-6-11-8)9-3-2-4-12-9/h2-6H,1H3,(H,10,11). The SMILES string of the molecule is C[C](c1c[nH]cn1)c1ccco1. The van der Waals surface area contributed by atoms with Gasteiger partial charge in [-0.25, -0.2) is 4.98 Å². The Kier molecular flexibility index (Phi) is 1.70. The van der Waals surface area contributed by atoms with Crippen LogP contribution in [0.4, 0.5) is 0 Å². The van der Waals surface area contributed by atoms with Gasteiger partial charge in [-0.15, -0.1) is 0 Å². The highest BCUT2D eigenvalue weighted by atomic mass is 16.3. The summed E-state index contributed by atoms with van der Waals surface area (Å²) >= 11 is 0. The Bertz CT molecular complexity index is 289. The van der Waals surface area contributed by atoms with Crippen molar-refractivity contribution in [1.29, 1.82) is 0 Å². The average molecular weight is 161 g/mol. The molecule has 0 unspecified atom stereocenters. The van der Waals surface area contributed by atoms with Gasteiger partial charge < -0.3 is 9.40 Å². The number of hydrogen-bond donors (Lipinski definition) is 1. The second kappa shape index (κ2) is 2.85. The van der Waals surface area contributed by atoms with Crippen LogP contribution in [-0.2, 0) is 0 Å². The van der Waals surface area contributed by atoms with Crippen molar-refractivity contribution in [3.05, 3.63) is 48.3 Å². The van der Waals surface area contributed by atoms with Crippen molar-refractivity contribution in [3.8, 4) is 0 Å². The number of aromatic amines is 1. The minimum Gasteiger partial charge on any atom is -0.468 e. The van der Waals surface area contributed by atoms with Crippen LogP contribution < -0.4 is 0 Å². The first-order chi connectivity index (χ1) is 5.88. The van der Waals surface area contributed by atoms with Crippen molar-refractivity contribution in [2.24, 2.45) is 0 Å². The topological polar surface area (TPSA) is 41.8 Å². The van der Waals surface area contributed by atoms with Crippen LogP contribution in [0.1, 0.15) is 18.4 Å². The summed E-state index contributed by atoms with van der Waals surface area (Å²) in [7, 11) is 0. The fraction of sp³-hybridized carbons (Fsp3) is 0.111. The molecular weight excluding hydrogens is 152 g/mol. The molecule has 0 saturated carbocycles. The van der Waals surface area contributed by atoms with E-state index in [9.17, 15) is 0 Å². The molecule has 2 aromatic rings. The fourth-order valence-electron chi connectivity index (χ4n) is 1.08. The van der Waals surface area contributed by atoms with Gasteiger partial charge in [0.25, 0.3) is 0 Å². The van der Waals surface area contributed by atoms with Crippen molar-refractivity contribution in [2.45, 2.75) is 6.92 Å². The molecule has 0 bridgehead atoms. The maximum Gasteiger partial charge on any atom is 0.117 e. The molecule has 0 aromatic carbocycles. The van der Waals surface area contributed by atoms with Crippen molar-refractivity contribution in [1.82, 2.24) is 9.97 Å². The van der Waals surface area contributed by atoms with Gasteiger partial charge in [-0.05, 0) is 19.1 Å². The lowest BCUT2D eigenvalue weighted by Gasteiger charge is -2.01. The molecule has 0 spiro atoms. The molecule has 3 nitrogen and oxygen atoms in total. The van der Waals surface area contributed by atoms with Crippen LogP contribution in [0.3, 0.4) is 0 Å². The molecule has 3 heteroatoms. The van der Waals surface area contributed by atoms with Gasteiger partial charge in [0.1, 0.15) is 5.76 Å². The average Bonchev–Trinajstić information content (AvgIpc) is 2.77. The van der Waals surface area contributed by atoms with Crippen LogP contribution in [0.5, 0.6) is 0 Å². The van der Waals surface area contributed by atoms with Crippen LogP contribution in [0.25, 0.3) is 0 Å². The van der Waals surface area contributed by atoms with E-state index in [1.165, 1.54) is 0 Å². The highest BCUT2D eigenvalue weighted by Crippen LogP contribution is 2.20. The molecule has 0 atom stereocenters. The summed E-state index contributed by atoms with van der Waals surface area (Å²) in [4.78, 5) is 7.02. The van der Waals surface area contributed by atoms with Gasteiger partial charge >= 0.3 is 0 Å². The van der Waals surface area contributed by atoms with E-state index in [1.807, 2.05) is 25.3 Å². The van der Waals surface area contributed by atoms with Gasteiger partial charge in [-0.2, -0.15) is 0 Å². The molecule has 2 aromatic heterocycles. The first-order valence-electron chi connectivity index (χ1n) is 3.74. The summed E-state index contributed by atoms with van der Waals surface area (Å²) in [5.74, 6) is 1.91. The number of rotatable bonds is 2. The molecule has 0 aliphatic heterocycles. The Balaban J connectivity index is 2.27. The van der Waals surface area contributed by atoms with E-state index in [1.54, 1.807) is 12.6 Å². The highest BCUT2D eigenvalue weighted by Gasteiger charge is 2.12. The summed E-state index contributed by atoms with van der Waals surface area (Å²) in [6, 6.07) is 3.79. The monoisotopic (exact) mass is 161 g/mol. The zero-order valence-corrected chi connectivity index (χ0v) is 6.74. The molecular formula is C9H9N2O. The van der Waals surface area contributed by atoms with Gasteiger partial charge in [-0.1, -0.05) is 0 Å². The first-order valence-corrected chi connectivity index (χ1v) is 3.74. The predicted molar refractivity (Wildman–Crippen MR) is 44.4 cm³/mol. The summed E-state index contributed by atoms with van der Waals surface area (Å²) in [5, 5.41) is 0. The van der Waals surface area contributed by atoms with Crippen LogP contribution in [0, 0.1) is 5.92 Å². The summed E-state index contributed by atoms with van der Waals surface area (Å²) in [6.07, 6.45) is 5.16. The molecule has 0 aliphatic carbocycles. The molecule has 1 N–H and O–H groups in total. The largest absolute Gasteiger partial charge is 0.468 e. The third-order valence-corrected chi connectivity index (χ3v) is 1.77. The number of aromatic nitrogens is 2. The molecule has 0 saturated heterocycles. The lowest BCUT2D eigenvalue weighted by molar-refractivity contribution is 0.529. The number of H-pyrrole nitrogens is 1. The quantitative estimate of drug-likeness (QED) is 0.731. The number of furan rings is 1. The van der Waals surface area contributed by atoms with Crippen molar-refractivity contribution >= 4 is 0 Å². The second-order valence-electron chi connectivity index (χ2n) is 2.56. The van der Waals surface area contributed by atoms with Crippen LogP contribution >= 0.6 is 0 Å². The lowest BCUT2D eigenvalue weighted by Crippen LogP contribution is -1.94. The van der Waals surface area contributed by atoms with Crippen LogP contribution in [-0.4, -0.2) is 9.97 Å². The molecule has 1 radical (unpaired) electrons. The molecule has 2 heterocycles. The minimum absolute atomic E-state index is 0.863. The summed E-state index contributed by atoms with van der Waals surface area (Å²) in [6.45, 7) is 1.98. The van der Waals surface area contributed by atoms with E-state index in [-0.39, 0.29) is 0 Å². The highest BCUT2D eigenvalue weighted by molar-refractivity contribution is 5.33. The number of nitrogens with zero attached hydrogens (tertiary/aromatic N) is 1. The Morgan fingerprint density at radius 3 is 3.08 bits per heavy atom. The van der Waals surface area contributed by atoms with E-state index < -0.39 is 0 Å². The normalized spacial score (nSPS) is 10.8. The predicted octanol–water partition coefficient (Wildman–Crippen LogP) is 1.99. The minimum atomic E-state index is 0.863. The van der Waals surface area contributed by atoms with Gasteiger partial charge in [0, 0.05) is 6.20 Å². The molecule has 12 heavy (non-hydrogen) atoms. The Hall–Kier alpha value is -1.51. The first kappa shape index (κ1) is 7.16. The second-order valence-corrected chi connectivity index (χ2v) is 2.56. The Morgan fingerprint density at radius 1 is 1.58 bits per heavy atom. The Morgan fingerprint density at radius 2 is 2.50 bits per heavy atom. The zero-order chi connectivity index (χ0) is 8.39. The van der Waals surface area contributed by atoms with Crippen molar-refractivity contribution in [2.75, 3.05) is 0 Å². The van der Waals surface area contributed by atoms with E-state index in [0.29, 0.717) is 0 Å². The number of imidazole rings is 1. The number of nitrogens with one attached hydrogen (secondary N) is 1. The zero-order valence-electron chi connectivity index (χ0n) is 6.74. The smallest absolute Gasteiger partial charge is 0.117 e. The van der Waals surface area contributed by atoms with E-state index in [4.69, 9.17) is 4.42 Å². The van der Waals surface area contributed by atoms with Crippen LogP contribution in [0.15, 0.2) is 35.3 Å². The van der Waals surface area contributed by atoms with E-state index in [2.05, 4.69) is 9.97 Å². The molecule has 2 rings (SSSR count). The van der Waals surface area contributed by atoms with Crippen LogP contribution in [0.2, 0.25) is 0 Å². The molecule has 61 valence electrons.